The topological polar surface area (TPSA) is 40.5 Å². The van der Waals surface area contributed by atoms with E-state index in [2.05, 4.69) is 11.8 Å². The van der Waals surface area contributed by atoms with Crippen LogP contribution < -0.4 is 4.90 Å². The maximum Gasteiger partial charge on any atom is 0.331 e. The molecule has 0 atom stereocenters. The van der Waals surface area contributed by atoms with Crippen LogP contribution in [0.1, 0.15) is 20.3 Å². The van der Waals surface area contributed by atoms with Crippen LogP contribution in [0, 0.1) is 0 Å². The van der Waals surface area contributed by atoms with Crippen LogP contribution in [-0.2, 0) is 4.79 Å². The fourth-order valence-electron chi connectivity index (χ4n) is 1.66. The summed E-state index contributed by atoms with van der Waals surface area (Å²) in [5.41, 5.74) is 1.59. The number of anilines is 1. The van der Waals surface area contributed by atoms with Gasteiger partial charge in [-0.1, -0.05) is 31.2 Å². The van der Waals surface area contributed by atoms with Gasteiger partial charge in [-0.15, -0.1) is 0 Å². The Labute approximate surface area is 102 Å². The van der Waals surface area contributed by atoms with Crippen LogP contribution >= 0.6 is 0 Å². The summed E-state index contributed by atoms with van der Waals surface area (Å²) in [6, 6.07) is 10.0. The van der Waals surface area contributed by atoms with Gasteiger partial charge in [0.05, 0.1) is 0 Å². The first-order valence-corrected chi connectivity index (χ1v) is 5.91. The number of nitrogens with zero attached hydrogens (tertiary/aromatic N) is 1. The largest absolute Gasteiger partial charge is 0.478 e. The maximum atomic E-state index is 10.9. The maximum absolute atomic E-state index is 10.9. The molecule has 0 saturated carbocycles. The van der Waals surface area contributed by atoms with E-state index in [0.717, 1.165) is 12.2 Å². The molecule has 0 amide bonds. The molecule has 0 fully saturated rings. The van der Waals surface area contributed by atoms with Crippen molar-refractivity contribution in [2.75, 3.05) is 18.0 Å². The Morgan fingerprint density at radius 2 is 1.94 bits per heavy atom. The summed E-state index contributed by atoms with van der Waals surface area (Å²) in [6.45, 7) is 5.42. The first-order valence-electron chi connectivity index (χ1n) is 5.91. The second kappa shape index (κ2) is 6.74. The minimum atomic E-state index is -0.823. The minimum absolute atomic E-state index is 0.472. The molecular formula is C14H19NO2. The SMILES string of the molecule is CCC(=CCN(CC)c1ccccc1)C(=O)O. The molecule has 0 aliphatic rings. The van der Waals surface area contributed by atoms with Crippen molar-refractivity contribution in [3.05, 3.63) is 42.0 Å². The van der Waals surface area contributed by atoms with Crippen molar-refractivity contribution in [1.82, 2.24) is 0 Å². The smallest absolute Gasteiger partial charge is 0.331 e. The number of para-hydroxylation sites is 1. The monoisotopic (exact) mass is 233 g/mol. The number of carboxylic acids is 1. The van der Waals surface area contributed by atoms with Crippen LogP contribution in [0.2, 0.25) is 0 Å². The number of hydrogen-bond donors (Lipinski definition) is 1. The van der Waals surface area contributed by atoms with E-state index < -0.39 is 5.97 Å². The minimum Gasteiger partial charge on any atom is -0.478 e. The van der Waals surface area contributed by atoms with Crippen molar-refractivity contribution in [1.29, 1.82) is 0 Å². The molecule has 1 N–H and O–H groups in total. The highest BCUT2D eigenvalue weighted by molar-refractivity contribution is 5.86. The molecule has 0 aliphatic heterocycles. The van der Waals surface area contributed by atoms with Crippen molar-refractivity contribution in [2.24, 2.45) is 0 Å². The molecule has 0 saturated heterocycles. The Hall–Kier alpha value is -1.77. The highest BCUT2D eigenvalue weighted by Gasteiger charge is 2.06. The van der Waals surface area contributed by atoms with Crippen LogP contribution in [0.4, 0.5) is 5.69 Å². The van der Waals surface area contributed by atoms with Crippen LogP contribution in [0.15, 0.2) is 42.0 Å². The standard InChI is InChI=1S/C14H19NO2/c1-3-12(14(16)17)10-11-15(4-2)13-8-6-5-7-9-13/h5-10H,3-4,11H2,1-2H3,(H,16,17). The van der Waals surface area contributed by atoms with Gasteiger partial charge in [-0.2, -0.15) is 0 Å². The Morgan fingerprint density at radius 1 is 1.29 bits per heavy atom. The third-order valence-corrected chi connectivity index (χ3v) is 2.72. The van der Waals surface area contributed by atoms with Crippen molar-refractivity contribution >= 4 is 11.7 Å². The normalized spacial score (nSPS) is 11.3. The van der Waals surface area contributed by atoms with Gasteiger partial charge in [0.25, 0.3) is 0 Å². The number of rotatable bonds is 6. The number of benzene rings is 1. The second-order valence-corrected chi connectivity index (χ2v) is 3.76. The third-order valence-electron chi connectivity index (χ3n) is 2.72. The summed E-state index contributed by atoms with van der Waals surface area (Å²) in [4.78, 5) is 13.0. The molecule has 92 valence electrons. The molecule has 0 aromatic heterocycles. The zero-order valence-corrected chi connectivity index (χ0v) is 10.4. The molecule has 0 spiro atoms. The van der Waals surface area contributed by atoms with E-state index in [1.54, 1.807) is 6.08 Å². The lowest BCUT2D eigenvalue weighted by Gasteiger charge is -2.21. The van der Waals surface area contributed by atoms with Gasteiger partial charge in [-0.3, -0.25) is 0 Å². The Morgan fingerprint density at radius 3 is 2.41 bits per heavy atom. The molecule has 1 aromatic carbocycles. The fourth-order valence-corrected chi connectivity index (χ4v) is 1.66. The summed E-state index contributed by atoms with van der Waals surface area (Å²) < 4.78 is 0. The van der Waals surface area contributed by atoms with E-state index in [4.69, 9.17) is 5.11 Å². The molecule has 1 rings (SSSR count). The molecule has 0 aliphatic carbocycles. The van der Waals surface area contributed by atoms with Crippen LogP contribution in [-0.4, -0.2) is 24.2 Å². The van der Waals surface area contributed by atoms with Crippen LogP contribution in [0.25, 0.3) is 0 Å². The van der Waals surface area contributed by atoms with Gasteiger partial charge >= 0.3 is 5.97 Å². The summed E-state index contributed by atoms with van der Waals surface area (Å²) in [5, 5.41) is 8.94. The van der Waals surface area contributed by atoms with Gasteiger partial charge < -0.3 is 10.0 Å². The number of likely N-dealkylation sites (N-methyl/N-ethyl adjacent to an activating group) is 1. The summed E-state index contributed by atoms with van der Waals surface area (Å²) in [6.07, 6.45) is 2.35. The van der Waals surface area contributed by atoms with E-state index in [1.165, 1.54) is 0 Å². The van der Waals surface area contributed by atoms with Crippen LogP contribution in [0.5, 0.6) is 0 Å². The molecule has 0 radical (unpaired) electrons. The predicted octanol–water partition coefficient (Wildman–Crippen LogP) is 2.93. The zero-order chi connectivity index (χ0) is 12.7. The molecule has 0 unspecified atom stereocenters. The van der Waals surface area contributed by atoms with E-state index in [-0.39, 0.29) is 0 Å². The summed E-state index contributed by atoms with van der Waals surface area (Å²) >= 11 is 0. The third kappa shape index (κ3) is 3.94. The predicted molar refractivity (Wildman–Crippen MR) is 70.3 cm³/mol. The van der Waals surface area contributed by atoms with Gasteiger partial charge in [0.15, 0.2) is 0 Å². The van der Waals surface area contributed by atoms with E-state index in [1.807, 2.05) is 37.3 Å². The van der Waals surface area contributed by atoms with E-state index in [0.29, 0.717) is 18.5 Å². The molecule has 17 heavy (non-hydrogen) atoms. The lowest BCUT2D eigenvalue weighted by Crippen LogP contribution is -2.23. The van der Waals surface area contributed by atoms with Gasteiger partial charge in [-0.25, -0.2) is 4.79 Å². The van der Waals surface area contributed by atoms with Gasteiger partial charge in [0.1, 0.15) is 0 Å². The van der Waals surface area contributed by atoms with Gasteiger partial charge in [0.2, 0.25) is 0 Å². The van der Waals surface area contributed by atoms with Crippen molar-refractivity contribution in [3.63, 3.8) is 0 Å². The average Bonchev–Trinajstić information content (AvgIpc) is 2.35. The average molecular weight is 233 g/mol. The van der Waals surface area contributed by atoms with Crippen molar-refractivity contribution in [2.45, 2.75) is 20.3 Å². The molecule has 0 heterocycles. The summed E-state index contributed by atoms with van der Waals surface area (Å²) in [5.74, 6) is -0.823. The highest BCUT2D eigenvalue weighted by atomic mass is 16.4. The van der Waals surface area contributed by atoms with Crippen LogP contribution in [0.3, 0.4) is 0 Å². The lowest BCUT2D eigenvalue weighted by atomic mass is 10.2. The summed E-state index contributed by atoms with van der Waals surface area (Å²) in [7, 11) is 0. The van der Waals surface area contributed by atoms with Gasteiger partial charge in [0, 0.05) is 24.4 Å². The number of carboxylic acid groups (broad SMARTS) is 1. The molecule has 3 nitrogen and oxygen atoms in total. The fraction of sp³-hybridized carbons (Fsp3) is 0.357. The van der Waals surface area contributed by atoms with Gasteiger partial charge in [-0.05, 0) is 25.5 Å². The Balaban J connectivity index is 2.75. The van der Waals surface area contributed by atoms with Crippen molar-refractivity contribution < 1.29 is 9.90 Å². The second-order valence-electron chi connectivity index (χ2n) is 3.76. The highest BCUT2D eigenvalue weighted by Crippen LogP contribution is 2.13. The number of carbonyl (C=O) groups is 1. The Kier molecular flexibility index (Phi) is 5.27. The van der Waals surface area contributed by atoms with Crippen molar-refractivity contribution in [3.8, 4) is 0 Å². The first-order chi connectivity index (χ1) is 8.19. The Bertz CT molecular complexity index is 384. The molecule has 1 aromatic rings. The zero-order valence-electron chi connectivity index (χ0n) is 10.4. The quantitative estimate of drug-likeness (QED) is 0.768. The lowest BCUT2D eigenvalue weighted by molar-refractivity contribution is -0.132. The first kappa shape index (κ1) is 13.3. The van der Waals surface area contributed by atoms with E-state index >= 15 is 0 Å². The number of aliphatic carboxylic acids is 1. The molecular weight excluding hydrogens is 214 g/mol. The number of hydrogen-bond acceptors (Lipinski definition) is 2. The molecule has 3 heteroatoms. The molecule has 0 bridgehead atoms. The van der Waals surface area contributed by atoms with E-state index in [9.17, 15) is 4.79 Å².